The molecule has 0 unspecified atom stereocenters. The average molecular weight is 378 g/mol. The number of esters is 1. The number of halogens is 4. The largest absolute Gasteiger partial charge is 0.426 e. The van der Waals surface area contributed by atoms with Crippen LogP contribution in [-0.4, -0.2) is 5.97 Å². The smallest absolute Gasteiger partial charge is 0.311 e. The molecule has 142 valence electrons. The zero-order valence-electron chi connectivity index (χ0n) is 14.8. The van der Waals surface area contributed by atoms with E-state index in [4.69, 9.17) is 4.74 Å². The van der Waals surface area contributed by atoms with Crippen LogP contribution in [0.4, 0.5) is 17.6 Å². The standard InChI is InChI=1S/C21H18F4O2/c1-2-3-7-19(26)27-18-6-4-5-13-14(18)11-17(24)20(21(13)25)12-8-9-15(22)16(23)10-12/h6,8-11H,2-5,7H2,1H3. The molecule has 2 aromatic carbocycles. The minimum absolute atomic E-state index is 0.0947. The number of allylic oxidation sites excluding steroid dienone is 1. The molecule has 3 rings (SSSR count). The molecule has 0 fully saturated rings. The van der Waals surface area contributed by atoms with Crippen molar-refractivity contribution in [1.29, 1.82) is 0 Å². The van der Waals surface area contributed by atoms with Gasteiger partial charge in [-0.3, -0.25) is 4.79 Å². The highest BCUT2D eigenvalue weighted by atomic mass is 19.2. The molecule has 0 atom stereocenters. The summed E-state index contributed by atoms with van der Waals surface area (Å²) in [5.74, 6) is -4.40. The molecule has 0 heterocycles. The van der Waals surface area contributed by atoms with E-state index in [0.29, 0.717) is 12.8 Å². The Bertz CT molecular complexity index is 919. The number of hydrogen-bond donors (Lipinski definition) is 0. The Morgan fingerprint density at radius 3 is 2.56 bits per heavy atom. The van der Waals surface area contributed by atoms with E-state index < -0.39 is 34.8 Å². The predicted octanol–water partition coefficient (Wildman–Crippen LogP) is 5.93. The van der Waals surface area contributed by atoms with Gasteiger partial charge in [0.05, 0.1) is 5.56 Å². The molecule has 0 N–H and O–H groups in total. The monoisotopic (exact) mass is 378 g/mol. The molecule has 27 heavy (non-hydrogen) atoms. The minimum atomic E-state index is -1.19. The van der Waals surface area contributed by atoms with Crippen LogP contribution in [0.2, 0.25) is 0 Å². The maximum Gasteiger partial charge on any atom is 0.311 e. The highest BCUT2D eigenvalue weighted by molar-refractivity contribution is 5.81. The highest BCUT2D eigenvalue weighted by Crippen LogP contribution is 2.37. The molecular formula is C21H18F4O2. The van der Waals surface area contributed by atoms with Crippen molar-refractivity contribution < 1.29 is 27.1 Å². The first-order chi connectivity index (χ1) is 12.9. The molecular weight excluding hydrogens is 360 g/mol. The summed E-state index contributed by atoms with van der Waals surface area (Å²) in [6.45, 7) is 1.94. The molecule has 0 aliphatic heterocycles. The van der Waals surface area contributed by atoms with Crippen molar-refractivity contribution in [2.45, 2.75) is 39.0 Å². The van der Waals surface area contributed by atoms with Crippen molar-refractivity contribution >= 4 is 11.7 Å². The van der Waals surface area contributed by atoms with E-state index in [9.17, 15) is 18.0 Å². The topological polar surface area (TPSA) is 26.3 Å². The van der Waals surface area contributed by atoms with Gasteiger partial charge in [-0.2, -0.15) is 0 Å². The molecule has 0 aromatic heterocycles. The summed E-state index contributed by atoms with van der Waals surface area (Å²) < 4.78 is 61.6. The lowest BCUT2D eigenvalue weighted by molar-refractivity contribution is -0.136. The summed E-state index contributed by atoms with van der Waals surface area (Å²) in [7, 11) is 0. The number of hydrogen-bond acceptors (Lipinski definition) is 2. The molecule has 1 aliphatic rings. The molecule has 0 bridgehead atoms. The second-order valence-corrected chi connectivity index (χ2v) is 6.39. The highest BCUT2D eigenvalue weighted by Gasteiger charge is 2.25. The minimum Gasteiger partial charge on any atom is -0.426 e. The Labute approximate surface area is 154 Å². The van der Waals surface area contributed by atoms with E-state index in [0.717, 1.165) is 30.7 Å². The SMILES string of the molecule is CCCCC(=O)OC1=CCCc2c1cc(F)c(-c1ccc(F)c(F)c1)c2F. The zero-order valence-corrected chi connectivity index (χ0v) is 14.8. The Morgan fingerprint density at radius 1 is 1.07 bits per heavy atom. The molecule has 0 amide bonds. The van der Waals surface area contributed by atoms with E-state index >= 15 is 4.39 Å². The number of ether oxygens (including phenoxy) is 1. The van der Waals surface area contributed by atoms with Gasteiger partial charge in [0.2, 0.25) is 0 Å². The summed E-state index contributed by atoms with van der Waals surface area (Å²) in [6, 6.07) is 3.78. The third kappa shape index (κ3) is 3.89. The number of rotatable bonds is 5. The lowest BCUT2D eigenvalue weighted by Gasteiger charge is -2.20. The maximum absolute atomic E-state index is 15.0. The second kappa shape index (κ2) is 7.94. The fourth-order valence-corrected chi connectivity index (χ4v) is 3.09. The van der Waals surface area contributed by atoms with Crippen LogP contribution >= 0.6 is 0 Å². The molecule has 2 aromatic rings. The van der Waals surface area contributed by atoms with Gasteiger partial charge in [-0.15, -0.1) is 0 Å². The van der Waals surface area contributed by atoms with Crippen LogP contribution in [0.3, 0.4) is 0 Å². The van der Waals surface area contributed by atoms with Gasteiger partial charge in [-0.05, 0) is 54.7 Å². The third-order valence-corrected chi connectivity index (χ3v) is 4.48. The van der Waals surface area contributed by atoms with E-state index in [-0.39, 0.29) is 35.3 Å². The summed E-state index contributed by atoms with van der Waals surface area (Å²) in [4.78, 5) is 11.9. The molecule has 2 nitrogen and oxygen atoms in total. The van der Waals surface area contributed by atoms with E-state index in [2.05, 4.69) is 0 Å². The van der Waals surface area contributed by atoms with Gasteiger partial charge < -0.3 is 4.74 Å². The molecule has 0 radical (unpaired) electrons. The normalized spacial score (nSPS) is 13.1. The Morgan fingerprint density at radius 2 is 1.85 bits per heavy atom. The van der Waals surface area contributed by atoms with E-state index in [1.165, 1.54) is 0 Å². The van der Waals surface area contributed by atoms with Gasteiger partial charge in [0.15, 0.2) is 11.6 Å². The van der Waals surface area contributed by atoms with Crippen LogP contribution in [-0.2, 0) is 16.0 Å². The van der Waals surface area contributed by atoms with Crippen molar-refractivity contribution in [3.63, 3.8) is 0 Å². The van der Waals surface area contributed by atoms with Crippen LogP contribution in [0.1, 0.15) is 43.7 Å². The summed E-state index contributed by atoms with van der Waals surface area (Å²) in [5.41, 5.74) is -0.154. The van der Waals surface area contributed by atoms with E-state index in [1.54, 1.807) is 6.08 Å². The fraction of sp³-hybridized carbons (Fsp3) is 0.286. The van der Waals surface area contributed by atoms with Crippen LogP contribution < -0.4 is 0 Å². The van der Waals surface area contributed by atoms with Gasteiger partial charge in [0, 0.05) is 12.0 Å². The van der Waals surface area contributed by atoms with Gasteiger partial charge >= 0.3 is 5.97 Å². The molecule has 0 saturated carbocycles. The second-order valence-electron chi connectivity index (χ2n) is 6.39. The number of carbonyl (C=O) groups is 1. The zero-order chi connectivity index (χ0) is 19.6. The predicted molar refractivity (Wildman–Crippen MR) is 93.6 cm³/mol. The summed E-state index contributed by atoms with van der Waals surface area (Å²) in [6.07, 6.45) is 4.04. The van der Waals surface area contributed by atoms with Crippen molar-refractivity contribution in [1.82, 2.24) is 0 Å². The Kier molecular flexibility index (Phi) is 5.63. The fourth-order valence-electron chi connectivity index (χ4n) is 3.09. The summed E-state index contributed by atoms with van der Waals surface area (Å²) in [5, 5.41) is 0. The Hall–Kier alpha value is -2.63. The first-order valence-electron chi connectivity index (χ1n) is 8.79. The van der Waals surface area contributed by atoms with Gasteiger partial charge in [-0.1, -0.05) is 19.4 Å². The maximum atomic E-state index is 15.0. The van der Waals surface area contributed by atoms with Crippen LogP contribution in [0.15, 0.2) is 30.3 Å². The van der Waals surface area contributed by atoms with Crippen LogP contribution in [0, 0.1) is 23.3 Å². The van der Waals surface area contributed by atoms with Gasteiger partial charge in [0.1, 0.15) is 17.4 Å². The third-order valence-electron chi connectivity index (χ3n) is 4.48. The van der Waals surface area contributed by atoms with E-state index in [1.807, 2.05) is 6.92 Å². The van der Waals surface area contributed by atoms with Crippen molar-refractivity contribution in [2.75, 3.05) is 0 Å². The molecule has 1 aliphatic carbocycles. The van der Waals surface area contributed by atoms with Crippen LogP contribution in [0.5, 0.6) is 0 Å². The quantitative estimate of drug-likeness (QED) is 0.476. The van der Waals surface area contributed by atoms with Crippen molar-refractivity contribution in [3.05, 3.63) is 64.7 Å². The Balaban J connectivity index is 2.00. The number of benzene rings is 2. The first kappa shape index (κ1) is 19.1. The van der Waals surface area contributed by atoms with Crippen LogP contribution in [0.25, 0.3) is 16.9 Å². The number of fused-ring (bicyclic) bond motifs is 1. The number of unbranched alkanes of at least 4 members (excludes halogenated alkanes) is 1. The van der Waals surface area contributed by atoms with Crippen molar-refractivity contribution in [3.8, 4) is 11.1 Å². The average Bonchev–Trinajstić information content (AvgIpc) is 2.63. The lowest BCUT2D eigenvalue weighted by Crippen LogP contribution is -2.11. The van der Waals surface area contributed by atoms with Gasteiger partial charge in [0.25, 0.3) is 0 Å². The first-order valence-corrected chi connectivity index (χ1v) is 8.79. The molecule has 6 heteroatoms. The summed E-state index contributed by atoms with van der Waals surface area (Å²) >= 11 is 0. The van der Waals surface area contributed by atoms with Gasteiger partial charge in [-0.25, -0.2) is 17.6 Å². The molecule has 0 spiro atoms. The lowest BCUT2D eigenvalue weighted by atomic mass is 9.90. The number of carbonyl (C=O) groups excluding carboxylic acids is 1. The van der Waals surface area contributed by atoms with Crippen molar-refractivity contribution in [2.24, 2.45) is 0 Å². The molecule has 0 saturated heterocycles.